The summed E-state index contributed by atoms with van der Waals surface area (Å²) in [5.41, 5.74) is -2.00. The van der Waals surface area contributed by atoms with Gasteiger partial charge in [-0.05, 0) is 36.8 Å². The summed E-state index contributed by atoms with van der Waals surface area (Å²) < 4.78 is 37.5. The van der Waals surface area contributed by atoms with E-state index < -0.39 is 34.9 Å². The summed E-state index contributed by atoms with van der Waals surface area (Å²) in [4.78, 5) is 25.4. The summed E-state index contributed by atoms with van der Waals surface area (Å²) in [5.74, 6) is -0.771. The van der Waals surface area contributed by atoms with E-state index in [-0.39, 0.29) is 0 Å². The van der Waals surface area contributed by atoms with Crippen LogP contribution in [0.3, 0.4) is 0 Å². The number of hydrogen-bond acceptors (Lipinski definition) is 2. The molecule has 0 saturated heterocycles. The first-order valence-corrected chi connectivity index (χ1v) is 6.93. The molecule has 1 aromatic carbocycles. The lowest BCUT2D eigenvalue weighted by atomic mass is 10.1. The van der Waals surface area contributed by atoms with Crippen molar-refractivity contribution in [2.75, 3.05) is 0 Å². The molecular formula is C15H12ClF3N2O2. The molecule has 0 fully saturated rings. The van der Waals surface area contributed by atoms with Gasteiger partial charge in [-0.3, -0.25) is 9.59 Å². The predicted molar refractivity (Wildman–Crippen MR) is 79.4 cm³/mol. The van der Waals surface area contributed by atoms with Crippen LogP contribution in [-0.4, -0.2) is 10.9 Å². The molecular weight excluding hydrogens is 333 g/mol. The summed E-state index contributed by atoms with van der Waals surface area (Å²) in [6, 6.07) is 7.77. The average Bonchev–Trinajstić information content (AvgIpc) is 2.45. The number of aromatic nitrogens is 1. The zero-order chi connectivity index (χ0) is 17.2. The molecule has 0 radical (unpaired) electrons. The highest BCUT2D eigenvalue weighted by Gasteiger charge is 2.32. The topological polar surface area (TPSA) is 62.0 Å². The number of carbonyl (C=O) groups excluding carboxylic acids is 1. The molecule has 0 unspecified atom stereocenters. The van der Waals surface area contributed by atoms with E-state index in [1.807, 2.05) is 0 Å². The number of nitrogens with one attached hydrogen (secondary N) is 2. The minimum atomic E-state index is -4.68. The summed E-state index contributed by atoms with van der Waals surface area (Å²) in [7, 11) is 0. The fourth-order valence-corrected chi connectivity index (χ4v) is 2.15. The van der Waals surface area contributed by atoms with Crippen molar-refractivity contribution in [1.82, 2.24) is 10.3 Å². The summed E-state index contributed by atoms with van der Waals surface area (Å²) in [5, 5.41) is 3.02. The van der Waals surface area contributed by atoms with E-state index in [1.165, 1.54) is 0 Å². The number of halogens is 4. The highest BCUT2D eigenvalue weighted by molar-refractivity contribution is 6.30. The molecule has 0 aliphatic rings. The third-order valence-electron chi connectivity index (χ3n) is 3.16. The Kier molecular flexibility index (Phi) is 4.79. The second-order valence-corrected chi connectivity index (χ2v) is 5.30. The van der Waals surface area contributed by atoms with E-state index in [0.29, 0.717) is 16.7 Å². The number of alkyl halides is 3. The molecule has 0 saturated carbocycles. The van der Waals surface area contributed by atoms with Gasteiger partial charge in [-0.2, -0.15) is 13.2 Å². The van der Waals surface area contributed by atoms with Crippen LogP contribution in [0.25, 0.3) is 0 Å². The molecule has 2 rings (SSSR count). The smallest absolute Gasteiger partial charge is 0.345 e. The summed E-state index contributed by atoms with van der Waals surface area (Å²) in [6.45, 7) is 1.67. The fraction of sp³-hybridized carbons (Fsp3) is 0.200. The van der Waals surface area contributed by atoms with Crippen molar-refractivity contribution >= 4 is 17.5 Å². The number of pyridine rings is 1. The lowest BCUT2D eigenvalue weighted by molar-refractivity contribution is -0.141. The minimum Gasteiger partial charge on any atom is -0.345 e. The maximum absolute atomic E-state index is 12.5. The Hall–Kier alpha value is -2.28. The maximum atomic E-state index is 12.5. The number of amides is 1. The molecule has 1 atom stereocenters. The molecule has 0 spiro atoms. The predicted octanol–water partition coefficient (Wildman–Crippen LogP) is 3.54. The fourth-order valence-electron chi connectivity index (χ4n) is 1.95. The van der Waals surface area contributed by atoms with Gasteiger partial charge in [0.2, 0.25) is 0 Å². The molecule has 1 amide bonds. The number of benzene rings is 1. The standard InChI is InChI=1S/C15H12ClF3N2O2/c1-8(9-3-2-4-10(16)7-9)20-13(22)11-5-6-12(15(17,18)19)21-14(11)23/h2-8H,1H3,(H,20,22)(H,21,23)/t8-/m1/s1. The number of carbonyl (C=O) groups is 1. The van der Waals surface area contributed by atoms with E-state index in [4.69, 9.17) is 11.6 Å². The van der Waals surface area contributed by atoms with Gasteiger partial charge in [0.05, 0.1) is 6.04 Å². The zero-order valence-electron chi connectivity index (χ0n) is 11.9. The van der Waals surface area contributed by atoms with Crippen molar-refractivity contribution in [3.63, 3.8) is 0 Å². The quantitative estimate of drug-likeness (QED) is 0.894. The molecule has 0 aliphatic carbocycles. The Morgan fingerprint density at radius 3 is 2.52 bits per heavy atom. The molecule has 0 bridgehead atoms. The van der Waals surface area contributed by atoms with Gasteiger partial charge in [0.1, 0.15) is 11.3 Å². The Bertz CT molecular complexity index is 787. The van der Waals surface area contributed by atoms with Gasteiger partial charge < -0.3 is 10.3 Å². The number of H-pyrrole nitrogens is 1. The highest BCUT2D eigenvalue weighted by Crippen LogP contribution is 2.26. The van der Waals surface area contributed by atoms with Crippen molar-refractivity contribution in [3.8, 4) is 0 Å². The lowest BCUT2D eigenvalue weighted by Crippen LogP contribution is -2.32. The van der Waals surface area contributed by atoms with E-state index in [0.717, 1.165) is 6.07 Å². The van der Waals surface area contributed by atoms with Crippen molar-refractivity contribution in [3.05, 3.63) is 68.6 Å². The third-order valence-corrected chi connectivity index (χ3v) is 3.39. The number of aromatic amines is 1. The molecule has 122 valence electrons. The van der Waals surface area contributed by atoms with Crippen LogP contribution in [0.1, 0.15) is 34.6 Å². The average molecular weight is 345 g/mol. The third kappa shape index (κ3) is 4.13. The Morgan fingerprint density at radius 2 is 1.96 bits per heavy atom. The molecule has 2 aromatic rings. The molecule has 2 N–H and O–H groups in total. The molecule has 4 nitrogen and oxygen atoms in total. The van der Waals surface area contributed by atoms with E-state index in [9.17, 15) is 22.8 Å². The van der Waals surface area contributed by atoms with Crippen molar-refractivity contribution in [1.29, 1.82) is 0 Å². The second-order valence-electron chi connectivity index (χ2n) is 4.86. The normalized spacial score (nSPS) is 12.7. The minimum absolute atomic E-state index is 0.396. The van der Waals surface area contributed by atoms with Crippen LogP contribution in [0, 0.1) is 0 Å². The van der Waals surface area contributed by atoms with Crippen LogP contribution >= 0.6 is 11.6 Å². The molecule has 0 aliphatic heterocycles. The van der Waals surface area contributed by atoms with Gasteiger partial charge >= 0.3 is 6.18 Å². The highest BCUT2D eigenvalue weighted by atomic mass is 35.5. The van der Waals surface area contributed by atoms with Crippen LogP contribution in [0.2, 0.25) is 5.02 Å². The Labute approximate surface area is 134 Å². The maximum Gasteiger partial charge on any atom is 0.431 e. The van der Waals surface area contributed by atoms with Crippen LogP contribution < -0.4 is 10.9 Å². The lowest BCUT2D eigenvalue weighted by Gasteiger charge is -2.14. The number of hydrogen-bond donors (Lipinski definition) is 2. The first kappa shape index (κ1) is 17.1. The zero-order valence-corrected chi connectivity index (χ0v) is 12.6. The van der Waals surface area contributed by atoms with Crippen molar-refractivity contribution < 1.29 is 18.0 Å². The van der Waals surface area contributed by atoms with Crippen LogP contribution in [0.4, 0.5) is 13.2 Å². The summed E-state index contributed by atoms with van der Waals surface area (Å²) in [6.07, 6.45) is -4.68. The van der Waals surface area contributed by atoms with E-state index in [2.05, 4.69) is 5.32 Å². The van der Waals surface area contributed by atoms with Gasteiger partial charge in [-0.1, -0.05) is 23.7 Å². The largest absolute Gasteiger partial charge is 0.431 e. The first-order chi connectivity index (χ1) is 10.7. The van der Waals surface area contributed by atoms with Gasteiger partial charge in [-0.15, -0.1) is 0 Å². The molecule has 1 heterocycles. The van der Waals surface area contributed by atoms with E-state index in [1.54, 1.807) is 36.2 Å². The SMILES string of the molecule is C[C@@H](NC(=O)c1ccc(C(F)(F)F)[nH]c1=O)c1cccc(Cl)c1. The molecule has 1 aromatic heterocycles. The van der Waals surface area contributed by atoms with Crippen LogP contribution in [0.15, 0.2) is 41.2 Å². The van der Waals surface area contributed by atoms with E-state index >= 15 is 0 Å². The van der Waals surface area contributed by atoms with Crippen LogP contribution in [0.5, 0.6) is 0 Å². The van der Waals surface area contributed by atoms with Gasteiger partial charge in [0.15, 0.2) is 0 Å². The van der Waals surface area contributed by atoms with Gasteiger partial charge in [0.25, 0.3) is 11.5 Å². The van der Waals surface area contributed by atoms with Crippen molar-refractivity contribution in [2.45, 2.75) is 19.1 Å². The monoisotopic (exact) mass is 344 g/mol. The van der Waals surface area contributed by atoms with Gasteiger partial charge in [-0.25, -0.2) is 0 Å². The van der Waals surface area contributed by atoms with Crippen molar-refractivity contribution in [2.24, 2.45) is 0 Å². The first-order valence-electron chi connectivity index (χ1n) is 6.55. The van der Waals surface area contributed by atoms with Gasteiger partial charge in [0, 0.05) is 5.02 Å². The Morgan fingerprint density at radius 1 is 1.26 bits per heavy atom. The molecule has 23 heavy (non-hydrogen) atoms. The molecule has 8 heteroatoms. The summed E-state index contributed by atoms with van der Waals surface area (Å²) >= 11 is 5.85. The Balaban J connectivity index is 2.20. The number of rotatable bonds is 3. The van der Waals surface area contributed by atoms with Crippen LogP contribution in [-0.2, 0) is 6.18 Å². The second kappa shape index (κ2) is 6.45.